The quantitative estimate of drug-likeness (QED) is 0.782. The Balaban J connectivity index is 2.81. The minimum Gasteiger partial charge on any atom is -0.444 e. The standard InChI is InChI=1S/C14H22N2O3/c1-14(2,3)19-13(18)16-11-8-6-5-7-10(11)12(17)9-15-4/h5-8,12,15,17H,9H2,1-4H3,(H,16,18). The lowest BCUT2D eigenvalue weighted by molar-refractivity contribution is 0.0635. The molecule has 0 aromatic heterocycles. The van der Waals surface area contributed by atoms with Crippen LogP contribution in [0.15, 0.2) is 24.3 Å². The summed E-state index contributed by atoms with van der Waals surface area (Å²) in [5.74, 6) is 0. The Labute approximate surface area is 114 Å². The summed E-state index contributed by atoms with van der Waals surface area (Å²) in [6.45, 7) is 5.81. The number of aliphatic hydroxyl groups excluding tert-OH is 1. The van der Waals surface area contributed by atoms with Crippen molar-refractivity contribution in [1.29, 1.82) is 0 Å². The van der Waals surface area contributed by atoms with Gasteiger partial charge in [-0.15, -0.1) is 0 Å². The number of benzene rings is 1. The molecule has 0 bridgehead atoms. The van der Waals surface area contributed by atoms with E-state index in [9.17, 15) is 9.90 Å². The summed E-state index contributed by atoms with van der Waals surface area (Å²) in [7, 11) is 1.76. The lowest BCUT2D eigenvalue weighted by Gasteiger charge is -2.21. The highest BCUT2D eigenvalue weighted by Crippen LogP contribution is 2.23. The number of nitrogens with one attached hydrogen (secondary N) is 2. The molecule has 19 heavy (non-hydrogen) atoms. The van der Waals surface area contributed by atoms with Gasteiger partial charge in [0.25, 0.3) is 0 Å². The van der Waals surface area contributed by atoms with Crippen LogP contribution in [0.3, 0.4) is 0 Å². The van der Waals surface area contributed by atoms with Gasteiger partial charge in [0.2, 0.25) is 0 Å². The van der Waals surface area contributed by atoms with Gasteiger partial charge < -0.3 is 15.2 Å². The number of hydrogen-bond acceptors (Lipinski definition) is 4. The number of aliphatic hydroxyl groups is 1. The van der Waals surface area contributed by atoms with Gasteiger partial charge >= 0.3 is 6.09 Å². The zero-order valence-electron chi connectivity index (χ0n) is 11.9. The first-order chi connectivity index (χ1) is 8.83. The van der Waals surface area contributed by atoms with Crippen LogP contribution in [0.1, 0.15) is 32.4 Å². The van der Waals surface area contributed by atoms with Crippen LogP contribution in [-0.2, 0) is 4.74 Å². The van der Waals surface area contributed by atoms with Crippen LogP contribution in [0, 0.1) is 0 Å². The van der Waals surface area contributed by atoms with Crippen molar-refractivity contribution in [2.75, 3.05) is 18.9 Å². The van der Waals surface area contributed by atoms with Crippen molar-refractivity contribution in [1.82, 2.24) is 5.32 Å². The van der Waals surface area contributed by atoms with E-state index in [1.165, 1.54) is 0 Å². The van der Waals surface area contributed by atoms with Crippen LogP contribution in [0.2, 0.25) is 0 Å². The van der Waals surface area contributed by atoms with Crippen molar-refractivity contribution >= 4 is 11.8 Å². The van der Waals surface area contributed by atoms with Crippen molar-refractivity contribution in [2.24, 2.45) is 0 Å². The molecule has 106 valence electrons. The molecule has 1 aromatic rings. The van der Waals surface area contributed by atoms with Crippen LogP contribution < -0.4 is 10.6 Å². The second-order valence-electron chi connectivity index (χ2n) is 5.29. The Kier molecular flexibility index (Phi) is 5.32. The highest BCUT2D eigenvalue weighted by atomic mass is 16.6. The molecule has 1 rings (SSSR count). The van der Waals surface area contributed by atoms with Crippen LogP contribution >= 0.6 is 0 Å². The smallest absolute Gasteiger partial charge is 0.412 e. The van der Waals surface area contributed by atoms with Crippen molar-refractivity contribution in [3.8, 4) is 0 Å². The monoisotopic (exact) mass is 266 g/mol. The minimum atomic E-state index is -0.684. The van der Waals surface area contributed by atoms with Gasteiger partial charge in [-0.25, -0.2) is 4.79 Å². The second kappa shape index (κ2) is 6.54. The molecule has 0 aliphatic carbocycles. The number of amides is 1. The molecule has 5 heteroatoms. The van der Waals surface area contributed by atoms with E-state index in [1.807, 2.05) is 6.07 Å². The van der Waals surface area contributed by atoms with E-state index in [4.69, 9.17) is 4.74 Å². The number of carbonyl (C=O) groups is 1. The summed E-state index contributed by atoms with van der Waals surface area (Å²) in [4.78, 5) is 11.7. The summed E-state index contributed by atoms with van der Waals surface area (Å²) < 4.78 is 5.19. The number of ether oxygens (including phenoxy) is 1. The van der Waals surface area contributed by atoms with Crippen LogP contribution in [0.5, 0.6) is 0 Å². The maximum atomic E-state index is 11.7. The third-order valence-electron chi connectivity index (χ3n) is 2.35. The third kappa shape index (κ3) is 5.28. The molecule has 0 heterocycles. The minimum absolute atomic E-state index is 0.410. The zero-order valence-corrected chi connectivity index (χ0v) is 11.9. The van der Waals surface area contributed by atoms with Gasteiger partial charge in [0, 0.05) is 17.8 Å². The van der Waals surface area contributed by atoms with Crippen molar-refractivity contribution < 1.29 is 14.6 Å². The van der Waals surface area contributed by atoms with Gasteiger partial charge in [0.1, 0.15) is 5.60 Å². The lowest BCUT2D eigenvalue weighted by Crippen LogP contribution is -2.28. The van der Waals surface area contributed by atoms with Crippen molar-refractivity contribution in [3.63, 3.8) is 0 Å². The summed E-state index contributed by atoms with van der Waals surface area (Å²) >= 11 is 0. The van der Waals surface area contributed by atoms with E-state index < -0.39 is 17.8 Å². The normalized spacial score (nSPS) is 12.9. The number of hydrogen-bond donors (Lipinski definition) is 3. The third-order valence-corrected chi connectivity index (χ3v) is 2.35. The molecule has 0 radical (unpaired) electrons. The van der Waals surface area contributed by atoms with Crippen LogP contribution in [-0.4, -0.2) is 30.4 Å². The number of anilines is 1. The van der Waals surface area contributed by atoms with Crippen molar-refractivity contribution in [2.45, 2.75) is 32.5 Å². The Bertz CT molecular complexity index is 427. The average Bonchev–Trinajstić information content (AvgIpc) is 2.27. The largest absolute Gasteiger partial charge is 0.444 e. The molecule has 1 amide bonds. The van der Waals surface area contributed by atoms with E-state index in [1.54, 1.807) is 46.0 Å². The maximum absolute atomic E-state index is 11.7. The predicted molar refractivity (Wildman–Crippen MR) is 75.2 cm³/mol. The predicted octanol–water partition coefficient (Wildman–Crippen LogP) is 2.29. The molecule has 0 spiro atoms. The Morgan fingerprint density at radius 3 is 2.58 bits per heavy atom. The van der Waals surface area contributed by atoms with Gasteiger partial charge in [-0.05, 0) is 33.9 Å². The molecule has 0 saturated carbocycles. The second-order valence-corrected chi connectivity index (χ2v) is 5.29. The number of carbonyl (C=O) groups excluding carboxylic acids is 1. The molecule has 1 aromatic carbocycles. The van der Waals surface area contributed by atoms with Gasteiger partial charge in [-0.1, -0.05) is 18.2 Å². The van der Waals surface area contributed by atoms with E-state index in [0.29, 0.717) is 17.8 Å². The van der Waals surface area contributed by atoms with Gasteiger partial charge in [0.15, 0.2) is 0 Å². The molecule has 1 unspecified atom stereocenters. The first-order valence-electron chi connectivity index (χ1n) is 6.25. The van der Waals surface area contributed by atoms with Crippen LogP contribution in [0.25, 0.3) is 0 Å². The van der Waals surface area contributed by atoms with E-state index >= 15 is 0 Å². The molecular formula is C14H22N2O3. The lowest BCUT2D eigenvalue weighted by atomic mass is 10.1. The number of likely N-dealkylation sites (N-methyl/N-ethyl adjacent to an activating group) is 1. The van der Waals surface area contributed by atoms with Gasteiger partial charge in [-0.3, -0.25) is 5.32 Å². The molecule has 0 saturated heterocycles. The maximum Gasteiger partial charge on any atom is 0.412 e. The Hall–Kier alpha value is -1.59. The molecule has 5 nitrogen and oxygen atoms in total. The fourth-order valence-electron chi connectivity index (χ4n) is 1.62. The summed E-state index contributed by atoms with van der Waals surface area (Å²) in [6.07, 6.45) is -1.22. The Morgan fingerprint density at radius 1 is 1.37 bits per heavy atom. The molecule has 0 aliphatic rings. The fourth-order valence-corrected chi connectivity index (χ4v) is 1.62. The summed E-state index contributed by atoms with van der Waals surface area (Å²) in [5, 5.41) is 15.5. The van der Waals surface area contributed by atoms with E-state index in [0.717, 1.165) is 0 Å². The molecule has 0 aliphatic heterocycles. The van der Waals surface area contributed by atoms with Crippen molar-refractivity contribution in [3.05, 3.63) is 29.8 Å². The van der Waals surface area contributed by atoms with E-state index in [-0.39, 0.29) is 0 Å². The zero-order chi connectivity index (χ0) is 14.5. The van der Waals surface area contributed by atoms with Gasteiger partial charge in [-0.2, -0.15) is 0 Å². The van der Waals surface area contributed by atoms with E-state index in [2.05, 4.69) is 10.6 Å². The SMILES string of the molecule is CNCC(O)c1ccccc1NC(=O)OC(C)(C)C. The molecule has 0 fully saturated rings. The Morgan fingerprint density at radius 2 is 2.00 bits per heavy atom. The number of rotatable bonds is 4. The highest BCUT2D eigenvalue weighted by Gasteiger charge is 2.18. The highest BCUT2D eigenvalue weighted by molar-refractivity contribution is 5.86. The summed E-state index contributed by atoms with van der Waals surface area (Å²) in [6, 6.07) is 7.11. The fraction of sp³-hybridized carbons (Fsp3) is 0.500. The van der Waals surface area contributed by atoms with Crippen LogP contribution in [0.4, 0.5) is 10.5 Å². The molecular weight excluding hydrogens is 244 g/mol. The molecule has 1 atom stereocenters. The first kappa shape index (κ1) is 15.5. The van der Waals surface area contributed by atoms with Gasteiger partial charge in [0.05, 0.1) is 6.10 Å². The number of para-hydroxylation sites is 1. The first-order valence-corrected chi connectivity index (χ1v) is 6.25. The summed E-state index contributed by atoms with van der Waals surface area (Å²) in [5.41, 5.74) is 0.657. The topological polar surface area (TPSA) is 70.6 Å². The molecule has 3 N–H and O–H groups in total. The average molecular weight is 266 g/mol.